The molecule has 3 rings (SSSR count). The summed E-state index contributed by atoms with van der Waals surface area (Å²) >= 11 is 0. The molecule has 0 radical (unpaired) electrons. The average molecular weight is 464 g/mol. The summed E-state index contributed by atoms with van der Waals surface area (Å²) in [4.78, 5) is 20.6. The summed E-state index contributed by atoms with van der Waals surface area (Å²) in [5.41, 5.74) is 0. The summed E-state index contributed by atoms with van der Waals surface area (Å²) in [5, 5.41) is 3.64. The third-order valence-electron chi connectivity index (χ3n) is 5.57. The van der Waals surface area contributed by atoms with Gasteiger partial charge in [0.25, 0.3) is 0 Å². The SMILES string of the molecule is CN(C)C(=O)CN=C(NC1CCCC1)N1CCC2OCCCC2C1.I. The number of likely N-dealkylation sites (N-methyl/N-ethyl adjacent to an activating group) is 1. The molecule has 0 aromatic rings. The summed E-state index contributed by atoms with van der Waals surface area (Å²) in [5.74, 6) is 1.59. The standard InChI is InChI=1S/C18H32N4O2.HI/c1-21(2)17(23)12-19-18(20-15-7-3-4-8-15)22-10-9-16-14(13-22)6-5-11-24-16;/h14-16H,3-13H2,1-2H3,(H,19,20);1H. The van der Waals surface area contributed by atoms with Gasteiger partial charge in [0.15, 0.2) is 5.96 Å². The van der Waals surface area contributed by atoms with E-state index in [2.05, 4.69) is 15.2 Å². The fourth-order valence-electron chi connectivity index (χ4n) is 4.05. The smallest absolute Gasteiger partial charge is 0.243 e. The van der Waals surface area contributed by atoms with E-state index in [4.69, 9.17) is 4.74 Å². The van der Waals surface area contributed by atoms with Crippen LogP contribution in [0.2, 0.25) is 0 Å². The van der Waals surface area contributed by atoms with Crippen molar-refractivity contribution >= 4 is 35.8 Å². The number of fused-ring (bicyclic) bond motifs is 1. The van der Waals surface area contributed by atoms with Gasteiger partial charge in [-0.2, -0.15) is 0 Å². The third-order valence-corrected chi connectivity index (χ3v) is 5.57. The van der Waals surface area contributed by atoms with E-state index in [9.17, 15) is 4.79 Å². The molecule has 2 heterocycles. The van der Waals surface area contributed by atoms with E-state index < -0.39 is 0 Å². The van der Waals surface area contributed by atoms with Gasteiger partial charge in [0.2, 0.25) is 5.91 Å². The number of guanidine groups is 1. The van der Waals surface area contributed by atoms with Crippen molar-refractivity contribution in [3.63, 3.8) is 0 Å². The normalized spacial score (nSPS) is 27.4. The molecule has 0 aromatic carbocycles. The van der Waals surface area contributed by atoms with Gasteiger partial charge in [-0.3, -0.25) is 4.79 Å². The first-order chi connectivity index (χ1) is 11.6. The van der Waals surface area contributed by atoms with Crippen LogP contribution in [0.1, 0.15) is 44.9 Å². The van der Waals surface area contributed by atoms with E-state index in [1.54, 1.807) is 19.0 Å². The Morgan fingerprint density at radius 3 is 2.68 bits per heavy atom. The van der Waals surface area contributed by atoms with Crippen LogP contribution in [-0.2, 0) is 9.53 Å². The highest BCUT2D eigenvalue weighted by Gasteiger charge is 2.34. The molecule has 2 atom stereocenters. The largest absolute Gasteiger partial charge is 0.378 e. The van der Waals surface area contributed by atoms with Crippen LogP contribution in [0.3, 0.4) is 0 Å². The van der Waals surface area contributed by atoms with E-state index in [1.165, 1.54) is 32.1 Å². The molecule has 1 amide bonds. The van der Waals surface area contributed by atoms with Crippen LogP contribution in [0.25, 0.3) is 0 Å². The van der Waals surface area contributed by atoms with Crippen molar-refractivity contribution in [1.82, 2.24) is 15.1 Å². The lowest BCUT2D eigenvalue weighted by atomic mass is 9.88. The van der Waals surface area contributed by atoms with Crippen molar-refractivity contribution in [3.05, 3.63) is 0 Å². The Bertz CT molecular complexity index is 466. The van der Waals surface area contributed by atoms with Gasteiger partial charge in [0.1, 0.15) is 6.54 Å². The van der Waals surface area contributed by atoms with Gasteiger partial charge in [-0.25, -0.2) is 4.99 Å². The number of piperidine rings is 1. The molecule has 0 aromatic heterocycles. The quantitative estimate of drug-likeness (QED) is 0.395. The fourth-order valence-corrected chi connectivity index (χ4v) is 4.05. The van der Waals surface area contributed by atoms with Crippen LogP contribution >= 0.6 is 24.0 Å². The molecular formula is C18H33IN4O2. The summed E-state index contributed by atoms with van der Waals surface area (Å²) in [6.07, 6.45) is 8.90. The molecule has 1 aliphatic carbocycles. The molecule has 1 N–H and O–H groups in total. The van der Waals surface area contributed by atoms with E-state index in [1.807, 2.05) is 0 Å². The molecule has 0 bridgehead atoms. The summed E-state index contributed by atoms with van der Waals surface area (Å²) in [6, 6.07) is 0.513. The maximum absolute atomic E-state index is 11.9. The second-order valence-electron chi connectivity index (χ2n) is 7.60. The predicted octanol–water partition coefficient (Wildman–Crippen LogP) is 2.08. The van der Waals surface area contributed by atoms with Crippen molar-refractivity contribution in [3.8, 4) is 0 Å². The Morgan fingerprint density at radius 2 is 1.96 bits per heavy atom. The Kier molecular flexibility index (Phi) is 8.25. The van der Waals surface area contributed by atoms with Gasteiger partial charge in [-0.1, -0.05) is 12.8 Å². The molecule has 1 saturated carbocycles. The van der Waals surface area contributed by atoms with Crippen LogP contribution in [0, 0.1) is 5.92 Å². The number of amides is 1. The average Bonchev–Trinajstić information content (AvgIpc) is 3.10. The number of hydrogen-bond donors (Lipinski definition) is 1. The Labute approximate surface area is 168 Å². The third kappa shape index (κ3) is 5.70. The van der Waals surface area contributed by atoms with Gasteiger partial charge in [0, 0.05) is 45.8 Å². The highest BCUT2D eigenvalue weighted by molar-refractivity contribution is 14.0. The lowest BCUT2D eigenvalue weighted by molar-refractivity contribution is -0.127. The van der Waals surface area contributed by atoms with Gasteiger partial charge in [-0.15, -0.1) is 24.0 Å². The number of carbonyl (C=O) groups excluding carboxylic acids is 1. The minimum atomic E-state index is 0. The molecule has 2 saturated heterocycles. The summed E-state index contributed by atoms with van der Waals surface area (Å²) in [7, 11) is 3.57. The number of rotatable bonds is 3. The molecule has 2 aliphatic heterocycles. The van der Waals surface area contributed by atoms with Crippen molar-refractivity contribution in [2.45, 2.75) is 57.1 Å². The highest BCUT2D eigenvalue weighted by Crippen LogP contribution is 2.28. The molecule has 3 aliphatic rings. The number of aliphatic imine (C=N–C) groups is 1. The number of halogens is 1. The minimum Gasteiger partial charge on any atom is -0.378 e. The van der Waals surface area contributed by atoms with Crippen molar-refractivity contribution in [1.29, 1.82) is 0 Å². The van der Waals surface area contributed by atoms with Crippen molar-refractivity contribution in [2.75, 3.05) is 40.3 Å². The molecule has 7 heteroatoms. The first-order valence-corrected chi connectivity index (χ1v) is 9.51. The van der Waals surface area contributed by atoms with Crippen LogP contribution in [0.4, 0.5) is 0 Å². The lowest BCUT2D eigenvalue weighted by Gasteiger charge is -2.42. The van der Waals surface area contributed by atoms with Crippen LogP contribution in [-0.4, -0.2) is 74.1 Å². The predicted molar refractivity (Wildman–Crippen MR) is 110 cm³/mol. The highest BCUT2D eigenvalue weighted by atomic mass is 127. The fraction of sp³-hybridized carbons (Fsp3) is 0.889. The number of carbonyl (C=O) groups is 1. The van der Waals surface area contributed by atoms with E-state index in [-0.39, 0.29) is 36.4 Å². The van der Waals surface area contributed by atoms with E-state index >= 15 is 0 Å². The van der Waals surface area contributed by atoms with Gasteiger partial charge in [-0.05, 0) is 32.1 Å². The molecule has 144 valence electrons. The number of likely N-dealkylation sites (tertiary alicyclic amines) is 1. The van der Waals surface area contributed by atoms with Crippen LogP contribution in [0.15, 0.2) is 4.99 Å². The zero-order valence-corrected chi connectivity index (χ0v) is 17.9. The maximum atomic E-state index is 11.9. The van der Waals surface area contributed by atoms with Crippen LogP contribution in [0.5, 0.6) is 0 Å². The zero-order valence-electron chi connectivity index (χ0n) is 15.6. The number of hydrogen-bond acceptors (Lipinski definition) is 3. The van der Waals surface area contributed by atoms with Gasteiger partial charge in [0.05, 0.1) is 6.10 Å². The molecule has 0 spiro atoms. The second kappa shape index (κ2) is 9.94. The van der Waals surface area contributed by atoms with Crippen molar-refractivity contribution < 1.29 is 9.53 Å². The van der Waals surface area contributed by atoms with Crippen LogP contribution < -0.4 is 5.32 Å². The number of nitrogens with one attached hydrogen (secondary N) is 1. The Morgan fingerprint density at radius 1 is 1.20 bits per heavy atom. The van der Waals surface area contributed by atoms with E-state index in [0.29, 0.717) is 18.1 Å². The molecule has 25 heavy (non-hydrogen) atoms. The zero-order chi connectivity index (χ0) is 16.9. The topological polar surface area (TPSA) is 57.2 Å². The van der Waals surface area contributed by atoms with E-state index in [0.717, 1.165) is 38.5 Å². The minimum absolute atomic E-state index is 0. The molecule has 2 unspecified atom stereocenters. The summed E-state index contributed by atoms with van der Waals surface area (Å²) in [6.45, 7) is 3.11. The molecule has 3 fully saturated rings. The lowest BCUT2D eigenvalue weighted by Crippen LogP contribution is -2.53. The second-order valence-corrected chi connectivity index (χ2v) is 7.60. The molecule has 6 nitrogen and oxygen atoms in total. The summed E-state index contributed by atoms with van der Waals surface area (Å²) < 4.78 is 5.93. The monoisotopic (exact) mass is 464 g/mol. The molecular weight excluding hydrogens is 431 g/mol. The van der Waals surface area contributed by atoms with Gasteiger partial charge < -0.3 is 19.9 Å². The maximum Gasteiger partial charge on any atom is 0.243 e. The first kappa shape index (κ1) is 20.7. The Balaban J connectivity index is 0.00000225. The number of nitrogens with zero attached hydrogens (tertiary/aromatic N) is 3. The number of ether oxygens (including phenoxy) is 1. The first-order valence-electron chi connectivity index (χ1n) is 9.51. The van der Waals surface area contributed by atoms with Gasteiger partial charge >= 0.3 is 0 Å². The Hall–Kier alpha value is -0.570. The van der Waals surface area contributed by atoms with Crippen molar-refractivity contribution in [2.24, 2.45) is 10.9 Å².